The van der Waals surface area contributed by atoms with Crippen molar-refractivity contribution in [1.29, 1.82) is 0 Å². The maximum absolute atomic E-state index is 12.2. The zero-order valence-corrected chi connectivity index (χ0v) is 9.41. The van der Waals surface area contributed by atoms with Gasteiger partial charge in [-0.3, -0.25) is 4.79 Å². The van der Waals surface area contributed by atoms with E-state index in [4.69, 9.17) is 4.74 Å². The number of thioether (sulfide) groups is 1. The summed E-state index contributed by atoms with van der Waals surface area (Å²) in [5, 5.41) is 0. The molecule has 0 fully saturated rings. The first-order valence-corrected chi connectivity index (χ1v) is 5.46. The van der Waals surface area contributed by atoms with Crippen molar-refractivity contribution < 1.29 is 22.7 Å². The summed E-state index contributed by atoms with van der Waals surface area (Å²) in [5.41, 5.74) is -0.415. The summed E-state index contributed by atoms with van der Waals surface area (Å²) in [6.07, 6.45) is -3.09. The molecule has 0 bridgehead atoms. The molecular formula is C10H9F3O2S. The van der Waals surface area contributed by atoms with Crippen molar-refractivity contribution in [3.8, 4) is 5.75 Å². The summed E-state index contributed by atoms with van der Waals surface area (Å²) in [6, 6.07) is 3.67. The second-order valence-electron chi connectivity index (χ2n) is 2.90. The van der Waals surface area contributed by atoms with Crippen LogP contribution in [0.2, 0.25) is 0 Å². The number of rotatable bonds is 3. The standard InChI is InChI=1S/C10H9F3O2S/c1-15-7-5-6(3-4-8(7)16-2)9(14)10(11,12)13/h3-5H,1-2H3. The molecule has 0 amide bonds. The van der Waals surface area contributed by atoms with E-state index in [2.05, 4.69) is 0 Å². The van der Waals surface area contributed by atoms with Gasteiger partial charge >= 0.3 is 6.18 Å². The van der Waals surface area contributed by atoms with Crippen molar-refractivity contribution >= 4 is 17.5 Å². The SMILES string of the molecule is COc1cc(C(=O)C(F)(F)F)ccc1SC. The van der Waals surface area contributed by atoms with Gasteiger partial charge in [0.1, 0.15) is 5.75 Å². The van der Waals surface area contributed by atoms with Gasteiger partial charge < -0.3 is 4.74 Å². The van der Waals surface area contributed by atoms with Gasteiger partial charge in [0.05, 0.1) is 7.11 Å². The maximum atomic E-state index is 12.2. The van der Waals surface area contributed by atoms with Gasteiger partial charge in [0.25, 0.3) is 5.78 Å². The molecule has 0 atom stereocenters. The van der Waals surface area contributed by atoms with Crippen LogP contribution in [0.3, 0.4) is 0 Å². The summed E-state index contributed by atoms with van der Waals surface area (Å²) >= 11 is 1.33. The number of benzene rings is 1. The molecule has 0 aliphatic carbocycles. The van der Waals surface area contributed by atoms with Crippen LogP contribution in [-0.4, -0.2) is 25.3 Å². The van der Waals surface area contributed by atoms with E-state index >= 15 is 0 Å². The molecule has 0 unspecified atom stereocenters. The Morgan fingerprint density at radius 2 is 2.00 bits per heavy atom. The van der Waals surface area contributed by atoms with Crippen LogP contribution in [0.4, 0.5) is 13.2 Å². The minimum absolute atomic E-state index is 0.266. The lowest BCUT2D eigenvalue weighted by molar-refractivity contribution is -0.0885. The predicted molar refractivity (Wildman–Crippen MR) is 55.2 cm³/mol. The summed E-state index contributed by atoms with van der Waals surface area (Å²) in [7, 11) is 1.34. The lowest BCUT2D eigenvalue weighted by Gasteiger charge is -2.09. The van der Waals surface area contributed by atoms with E-state index < -0.39 is 17.5 Å². The first kappa shape index (κ1) is 12.9. The summed E-state index contributed by atoms with van der Waals surface area (Å²) in [4.78, 5) is 11.6. The molecule has 1 rings (SSSR count). The lowest BCUT2D eigenvalue weighted by Crippen LogP contribution is -2.22. The molecule has 0 aromatic heterocycles. The number of ether oxygens (including phenoxy) is 1. The fourth-order valence-corrected chi connectivity index (χ4v) is 1.69. The van der Waals surface area contributed by atoms with Crippen molar-refractivity contribution in [2.75, 3.05) is 13.4 Å². The molecule has 1 aromatic carbocycles. The van der Waals surface area contributed by atoms with Crippen LogP contribution < -0.4 is 4.74 Å². The molecule has 6 heteroatoms. The van der Waals surface area contributed by atoms with Gasteiger partial charge in [-0.15, -0.1) is 11.8 Å². The molecule has 2 nitrogen and oxygen atoms in total. The molecular weight excluding hydrogens is 241 g/mol. The van der Waals surface area contributed by atoms with Crippen molar-refractivity contribution in [3.05, 3.63) is 23.8 Å². The first-order chi connectivity index (χ1) is 7.40. The number of hydrogen-bond acceptors (Lipinski definition) is 3. The average Bonchev–Trinajstić information content (AvgIpc) is 2.25. The highest BCUT2D eigenvalue weighted by Crippen LogP contribution is 2.30. The van der Waals surface area contributed by atoms with Crippen molar-refractivity contribution in [1.82, 2.24) is 0 Å². The topological polar surface area (TPSA) is 26.3 Å². The zero-order valence-electron chi connectivity index (χ0n) is 8.59. The Morgan fingerprint density at radius 3 is 2.44 bits per heavy atom. The van der Waals surface area contributed by atoms with Gasteiger partial charge in [-0.1, -0.05) is 0 Å². The van der Waals surface area contributed by atoms with E-state index in [1.54, 1.807) is 6.26 Å². The number of carbonyl (C=O) groups excluding carboxylic acids is 1. The van der Waals surface area contributed by atoms with Crippen LogP contribution in [-0.2, 0) is 0 Å². The fraction of sp³-hybridized carbons (Fsp3) is 0.300. The lowest BCUT2D eigenvalue weighted by atomic mass is 10.1. The summed E-state index contributed by atoms with van der Waals surface area (Å²) < 4.78 is 41.4. The van der Waals surface area contributed by atoms with Crippen LogP contribution in [0, 0.1) is 0 Å². The molecule has 0 spiro atoms. The smallest absolute Gasteiger partial charge is 0.454 e. The molecule has 88 valence electrons. The first-order valence-electron chi connectivity index (χ1n) is 4.23. The number of halogens is 3. The third-order valence-corrected chi connectivity index (χ3v) is 2.68. The Bertz CT molecular complexity index is 402. The van der Waals surface area contributed by atoms with Crippen molar-refractivity contribution in [3.63, 3.8) is 0 Å². The molecule has 0 aliphatic heterocycles. The van der Waals surface area contributed by atoms with Crippen molar-refractivity contribution in [2.45, 2.75) is 11.1 Å². The largest absolute Gasteiger partial charge is 0.496 e. The fourth-order valence-electron chi connectivity index (χ4n) is 1.14. The van der Waals surface area contributed by atoms with Crippen LogP contribution in [0.15, 0.2) is 23.1 Å². The van der Waals surface area contributed by atoms with E-state index in [9.17, 15) is 18.0 Å². The van der Waals surface area contributed by atoms with Crippen LogP contribution >= 0.6 is 11.8 Å². The number of hydrogen-bond donors (Lipinski definition) is 0. The van der Waals surface area contributed by atoms with Crippen molar-refractivity contribution in [2.24, 2.45) is 0 Å². The molecule has 0 N–H and O–H groups in total. The normalized spacial score (nSPS) is 11.3. The molecule has 0 saturated carbocycles. The molecule has 0 heterocycles. The molecule has 16 heavy (non-hydrogen) atoms. The Hall–Kier alpha value is -1.17. The summed E-state index contributed by atoms with van der Waals surface area (Å²) in [6.45, 7) is 0. The Kier molecular flexibility index (Phi) is 3.85. The highest BCUT2D eigenvalue weighted by Gasteiger charge is 2.39. The van der Waals surface area contributed by atoms with E-state index in [1.807, 2.05) is 0 Å². The highest BCUT2D eigenvalue weighted by molar-refractivity contribution is 7.98. The number of carbonyl (C=O) groups is 1. The monoisotopic (exact) mass is 250 g/mol. The number of methoxy groups -OCH3 is 1. The molecule has 0 aliphatic rings. The van der Waals surface area contributed by atoms with Crippen LogP contribution in [0.25, 0.3) is 0 Å². The minimum atomic E-state index is -4.86. The van der Waals surface area contributed by atoms with Gasteiger partial charge in [-0.25, -0.2) is 0 Å². The van der Waals surface area contributed by atoms with Gasteiger partial charge in [-0.2, -0.15) is 13.2 Å². The second-order valence-corrected chi connectivity index (χ2v) is 3.74. The average molecular weight is 250 g/mol. The van der Waals surface area contributed by atoms with E-state index in [-0.39, 0.29) is 5.75 Å². The highest BCUT2D eigenvalue weighted by atomic mass is 32.2. The zero-order chi connectivity index (χ0) is 12.3. The number of alkyl halides is 3. The maximum Gasteiger partial charge on any atom is 0.454 e. The van der Waals surface area contributed by atoms with E-state index in [1.165, 1.54) is 24.9 Å². The molecule has 1 aromatic rings. The Labute approximate surface area is 94.8 Å². The minimum Gasteiger partial charge on any atom is -0.496 e. The third kappa shape index (κ3) is 2.69. The van der Waals surface area contributed by atoms with Crippen LogP contribution in [0.1, 0.15) is 10.4 Å². The second kappa shape index (κ2) is 4.78. The van der Waals surface area contributed by atoms with Gasteiger partial charge in [-0.05, 0) is 24.5 Å². The quantitative estimate of drug-likeness (QED) is 0.609. The van der Waals surface area contributed by atoms with E-state index in [0.717, 1.165) is 12.1 Å². The Morgan fingerprint density at radius 1 is 1.38 bits per heavy atom. The van der Waals surface area contributed by atoms with E-state index in [0.29, 0.717) is 4.90 Å². The van der Waals surface area contributed by atoms with Crippen LogP contribution in [0.5, 0.6) is 5.75 Å². The predicted octanol–water partition coefficient (Wildman–Crippen LogP) is 3.16. The number of Topliss-reactive ketones (excluding diaryl/α,β-unsaturated/α-hetero) is 1. The molecule has 0 radical (unpaired) electrons. The number of ketones is 1. The van der Waals surface area contributed by atoms with Gasteiger partial charge in [0.15, 0.2) is 0 Å². The Balaban J connectivity index is 3.13. The van der Waals surface area contributed by atoms with Gasteiger partial charge in [0.2, 0.25) is 0 Å². The molecule has 0 saturated heterocycles. The third-order valence-electron chi connectivity index (χ3n) is 1.90. The van der Waals surface area contributed by atoms with Gasteiger partial charge in [0, 0.05) is 10.5 Å². The summed E-state index contributed by atoms with van der Waals surface area (Å²) in [5.74, 6) is -1.60.